The van der Waals surface area contributed by atoms with Gasteiger partial charge in [0, 0.05) is 18.6 Å². The molecule has 0 atom stereocenters. The molecule has 0 radical (unpaired) electrons. The van der Waals surface area contributed by atoms with Gasteiger partial charge in [0.15, 0.2) is 0 Å². The molecule has 1 rings (SSSR count). The highest BCUT2D eigenvalue weighted by Crippen LogP contribution is 2.23. The quantitative estimate of drug-likeness (QED) is 0.555. The Hall–Kier alpha value is -1.09. The molecule has 0 fully saturated rings. The van der Waals surface area contributed by atoms with Crippen LogP contribution in [-0.4, -0.2) is 18.6 Å². The van der Waals surface area contributed by atoms with Crippen LogP contribution in [0.25, 0.3) is 0 Å². The zero-order valence-corrected chi connectivity index (χ0v) is 9.41. The van der Waals surface area contributed by atoms with Crippen molar-refractivity contribution in [3.8, 4) is 0 Å². The second-order valence-corrected chi connectivity index (χ2v) is 3.53. The molecule has 1 aromatic rings. The summed E-state index contributed by atoms with van der Waals surface area (Å²) in [4.78, 5) is 0. The highest BCUT2D eigenvalue weighted by atomic mass is 35.5. The van der Waals surface area contributed by atoms with E-state index in [4.69, 9.17) is 11.6 Å². The molecule has 0 aliphatic rings. The Labute approximate surface area is 89.4 Å². The van der Waals surface area contributed by atoms with Crippen molar-refractivity contribution in [3.63, 3.8) is 0 Å². The molecule has 0 aromatic heterocycles. The van der Waals surface area contributed by atoms with E-state index < -0.39 is 0 Å². The van der Waals surface area contributed by atoms with Gasteiger partial charge in [-0.05, 0) is 31.5 Å². The number of rotatable bonds is 3. The Balaban J connectivity index is 2.85. The minimum atomic E-state index is 0.684. The van der Waals surface area contributed by atoms with E-state index in [1.54, 1.807) is 5.01 Å². The number of halogens is 1. The van der Waals surface area contributed by atoms with Crippen molar-refractivity contribution < 1.29 is 0 Å². The molecule has 76 valence electrons. The lowest BCUT2D eigenvalue weighted by molar-refractivity contribution is 0.351. The van der Waals surface area contributed by atoms with Crippen LogP contribution in [0.2, 0.25) is 5.02 Å². The van der Waals surface area contributed by atoms with Crippen LogP contribution in [-0.2, 0) is 0 Å². The van der Waals surface area contributed by atoms with Gasteiger partial charge < -0.3 is 0 Å². The lowest BCUT2D eigenvalue weighted by atomic mass is 10.2. The molecule has 0 aliphatic heterocycles. The third-order valence-electron chi connectivity index (χ3n) is 1.93. The molecule has 0 saturated heterocycles. The Morgan fingerprint density at radius 2 is 2.14 bits per heavy atom. The highest BCUT2D eigenvalue weighted by Gasteiger charge is 1.97. The maximum Gasteiger partial charge on any atom is 0.0918 e. The van der Waals surface area contributed by atoms with Crippen molar-refractivity contribution in [2.75, 3.05) is 13.6 Å². The molecule has 0 spiro atoms. The summed E-state index contributed by atoms with van der Waals surface area (Å²) in [7, 11) is 1.88. The summed E-state index contributed by atoms with van der Waals surface area (Å²) < 4.78 is 0. The zero-order chi connectivity index (χ0) is 10.6. The van der Waals surface area contributed by atoms with Gasteiger partial charge in [0.05, 0.1) is 5.69 Å². The number of aryl methyl sites for hydroxylation is 1. The molecule has 0 saturated carbocycles. The van der Waals surface area contributed by atoms with Gasteiger partial charge in [0.25, 0.3) is 0 Å². The molecular formula is C10H14ClN3. The fourth-order valence-corrected chi connectivity index (χ4v) is 1.04. The standard InChI is InChI=1S/C10H14ClN3/c1-4-14(3)13-12-10-7-9(11)6-5-8(10)2/h5-7H,4H2,1-3H3/b13-12+. The number of hydrogen-bond donors (Lipinski definition) is 0. The van der Waals surface area contributed by atoms with Gasteiger partial charge in [0.1, 0.15) is 0 Å². The molecule has 3 nitrogen and oxygen atoms in total. The molecule has 1 aromatic carbocycles. The molecule has 4 heteroatoms. The molecular weight excluding hydrogens is 198 g/mol. The molecule has 14 heavy (non-hydrogen) atoms. The zero-order valence-electron chi connectivity index (χ0n) is 8.66. The first-order chi connectivity index (χ1) is 6.63. The van der Waals surface area contributed by atoms with Crippen LogP contribution in [0.4, 0.5) is 5.69 Å². The number of hydrogen-bond acceptors (Lipinski definition) is 2. The normalized spacial score (nSPS) is 10.9. The third kappa shape index (κ3) is 3.00. The third-order valence-corrected chi connectivity index (χ3v) is 2.17. The minimum Gasteiger partial charge on any atom is -0.282 e. The largest absolute Gasteiger partial charge is 0.282 e. The predicted octanol–water partition coefficient (Wildman–Crippen LogP) is 3.60. The van der Waals surface area contributed by atoms with Crippen LogP contribution in [0.15, 0.2) is 28.5 Å². The van der Waals surface area contributed by atoms with Crippen molar-refractivity contribution in [1.29, 1.82) is 0 Å². The summed E-state index contributed by atoms with van der Waals surface area (Å²) >= 11 is 5.85. The van der Waals surface area contributed by atoms with Gasteiger partial charge >= 0.3 is 0 Å². The molecule has 0 unspecified atom stereocenters. The monoisotopic (exact) mass is 211 g/mol. The van der Waals surface area contributed by atoms with Gasteiger partial charge in [-0.2, -0.15) is 0 Å². The van der Waals surface area contributed by atoms with Gasteiger partial charge in [-0.15, -0.1) is 5.11 Å². The van der Waals surface area contributed by atoms with Gasteiger partial charge in [-0.1, -0.05) is 22.9 Å². The summed E-state index contributed by atoms with van der Waals surface area (Å²) in [6, 6.07) is 5.59. The Morgan fingerprint density at radius 3 is 2.79 bits per heavy atom. The van der Waals surface area contributed by atoms with E-state index in [-0.39, 0.29) is 0 Å². The van der Waals surface area contributed by atoms with Crippen LogP contribution < -0.4 is 0 Å². The highest BCUT2D eigenvalue weighted by molar-refractivity contribution is 6.30. The molecule has 0 bridgehead atoms. The fraction of sp³-hybridized carbons (Fsp3) is 0.400. The van der Waals surface area contributed by atoms with Crippen molar-refractivity contribution in [2.45, 2.75) is 13.8 Å². The average Bonchev–Trinajstić information content (AvgIpc) is 2.19. The molecule has 0 aliphatic carbocycles. The van der Waals surface area contributed by atoms with E-state index in [1.807, 2.05) is 39.1 Å². The van der Waals surface area contributed by atoms with E-state index in [0.29, 0.717) is 5.02 Å². The Bertz CT molecular complexity index is 336. The lowest BCUT2D eigenvalue weighted by Crippen LogP contribution is -2.07. The van der Waals surface area contributed by atoms with Gasteiger partial charge in [-0.25, -0.2) is 0 Å². The second-order valence-electron chi connectivity index (χ2n) is 3.09. The van der Waals surface area contributed by atoms with E-state index in [1.165, 1.54) is 0 Å². The van der Waals surface area contributed by atoms with Crippen LogP contribution in [0, 0.1) is 6.92 Å². The average molecular weight is 212 g/mol. The van der Waals surface area contributed by atoms with Crippen molar-refractivity contribution >= 4 is 17.3 Å². The Morgan fingerprint density at radius 1 is 1.43 bits per heavy atom. The van der Waals surface area contributed by atoms with Gasteiger partial charge in [-0.3, -0.25) is 5.01 Å². The van der Waals surface area contributed by atoms with Crippen LogP contribution in [0.5, 0.6) is 0 Å². The topological polar surface area (TPSA) is 28.0 Å². The number of nitrogens with zero attached hydrogens (tertiary/aromatic N) is 3. The summed E-state index contributed by atoms with van der Waals surface area (Å²) in [5.41, 5.74) is 1.89. The predicted molar refractivity (Wildman–Crippen MR) is 59.0 cm³/mol. The van der Waals surface area contributed by atoms with E-state index in [9.17, 15) is 0 Å². The van der Waals surface area contributed by atoms with Crippen molar-refractivity contribution in [3.05, 3.63) is 28.8 Å². The smallest absolute Gasteiger partial charge is 0.0918 e. The van der Waals surface area contributed by atoms with Crippen molar-refractivity contribution in [2.24, 2.45) is 10.3 Å². The van der Waals surface area contributed by atoms with E-state index in [0.717, 1.165) is 17.8 Å². The van der Waals surface area contributed by atoms with Crippen LogP contribution in [0.3, 0.4) is 0 Å². The van der Waals surface area contributed by atoms with E-state index in [2.05, 4.69) is 10.3 Å². The minimum absolute atomic E-state index is 0.684. The first-order valence-corrected chi connectivity index (χ1v) is 4.90. The lowest BCUT2D eigenvalue weighted by Gasteiger charge is -2.06. The van der Waals surface area contributed by atoms with E-state index >= 15 is 0 Å². The summed E-state index contributed by atoms with van der Waals surface area (Å²) in [5.74, 6) is 0. The first-order valence-electron chi connectivity index (χ1n) is 4.52. The first kappa shape index (κ1) is 11.0. The summed E-state index contributed by atoms with van der Waals surface area (Å²) in [6.45, 7) is 4.84. The molecule has 0 heterocycles. The maximum atomic E-state index is 5.85. The fourth-order valence-electron chi connectivity index (χ4n) is 0.878. The summed E-state index contributed by atoms with van der Waals surface area (Å²) in [5, 5.41) is 10.6. The van der Waals surface area contributed by atoms with Crippen LogP contribution in [0.1, 0.15) is 12.5 Å². The molecule has 0 N–H and O–H groups in total. The van der Waals surface area contributed by atoms with Crippen LogP contribution >= 0.6 is 11.6 Å². The van der Waals surface area contributed by atoms with Gasteiger partial charge in [0.2, 0.25) is 0 Å². The summed E-state index contributed by atoms with van der Waals surface area (Å²) in [6.07, 6.45) is 0. The van der Waals surface area contributed by atoms with Crippen molar-refractivity contribution in [1.82, 2.24) is 5.01 Å². The molecule has 0 amide bonds. The maximum absolute atomic E-state index is 5.85. The Kier molecular flexibility index (Phi) is 3.89. The second kappa shape index (κ2) is 4.96. The SMILES string of the molecule is CCN(C)/N=N/c1cc(Cl)ccc1C. The number of benzene rings is 1.